The number of likely N-dealkylation sites (tertiary alicyclic amines) is 1. The van der Waals surface area contributed by atoms with Crippen LogP contribution in [0.2, 0.25) is 0 Å². The first-order chi connectivity index (χ1) is 20.9. The maximum Gasteiger partial charge on any atom is 0.326 e. The monoisotopic (exact) mass is 639 g/mol. The molecule has 0 unspecified atom stereocenters. The summed E-state index contributed by atoms with van der Waals surface area (Å²) in [5.41, 5.74) is -0.772. The van der Waals surface area contributed by atoms with E-state index in [9.17, 15) is 43.8 Å². The topological polar surface area (TPSA) is 211 Å². The second-order valence-electron chi connectivity index (χ2n) is 13.2. The van der Waals surface area contributed by atoms with E-state index in [1.54, 1.807) is 39.5 Å². The molecular weight excluding hydrogens is 586 g/mol. The third-order valence-electron chi connectivity index (χ3n) is 7.84. The highest BCUT2D eigenvalue weighted by molar-refractivity contribution is 5.96. The van der Waals surface area contributed by atoms with Crippen LogP contribution in [0.15, 0.2) is 0 Å². The minimum absolute atomic E-state index is 0.0724. The van der Waals surface area contributed by atoms with Crippen molar-refractivity contribution in [1.29, 1.82) is 0 Å². The molecule has 1 saturated heterocycles. The third-order valence-corrected chi connectivity index (χ3v) is 7.84. The van der Waals surface area contributed by atoms with Gasteiger partial charge in [0.25, 0.3) is 0 Å². The van der Waals surface area contributed by atoms with Crippen LogP contribution in [0.25, 0.3) is 0 Å². The van der Waals surface area contributed by atoms with Gasteiger partial charge >= 0.3 is 11.9 Å². The SMILES string of the molecule is CCC(CC)C(=O)N[C@H](C(=O)N[C@@H](CCC(=O)N1CCCC1)C(=O)N[C@@H](CC(=O)O)C(=O)N[C@@H](CC(C)C)C(=O)O)C(C)(C)C. The Kier molecular flexibility index (Phi) is 16.0. The summed E-state index contributed by atoms with van der Waals surface area (Å²) >= 11 is 0. The number of hydrogen-bond donors (Lipinski definition) is 6. The molecule has 4 atom stereocenters. The van der Waals surface area contributed by atoms with Crippen LogP contribution < -0.4 is 21.3 Å². The zero-order valence-corrected chi connectivity index (χ0v) is 27.7. The summed E-state index contributed by atoms with van der Waals surface area (Å²) in [6.07, 6.45) is 1.81. The van der Waals surface area contributed by atoms with Gasteiger partial charge in [-0.15, -0.1) is 0 Å². The van der Waals surface area contributed by atoms with E-state index in [0.29, 0.717) is 25.9 Å². The first kappa shape index (κ1) is 39.3. The zero-order valence-electron chi connectivity index (χ0n) is 27.7. The predicted molar refractivity (Wildman–Crippen MR) is 166 cm³/mol. The van der Waals surface area contributed by atoms with Crippen LogP contribution >= 0.6 is 0 Å². The molecule has 0 spiro atoms. The largest absolute Gasteiger partial charge is 0.481 e. The highest BCUT2D eigenvalue weighted by atomic mass is 16.4. The van der Waals surface area contributed by atoms with Gasteiger partial charge in [-0.2, -0.15) is 0 Å². The number of hydrogen-bond acceptors (Lipinski definition) is 7. The summed E-state index contributed by atoms with van der Waals surface area (Å²) < 4.78 is 0. The number of amides is 5. The molecule has 0 saturated carbocycles. The third kappa shape index (κ3) is 13.4. The Hall–Kier alpha value is -3.71. The molecule has 0 aliphatic carbocycles. The van der Waals surface area contributed by atoms with Gasteiger partial charge in [-0.3, -0.25) is 28.8 Å². The molecule has 14 heteroatoms. The van der Waals surface area contributed by atoms with Crippen LogP contribution in [0, 0.1) is 17.3 Å². The molecule has 0 radical (unpaired) electrons. The van der Waals surface area contributed by atoms with Crippen molar-refractivity contribution in [2.24, 2.45) is 17.3 Å². The van der Waals surface area contributed by atoms with Gasteiger partial charge < -0.3 is 36.4 Å². The summed E-state index contributed by atoms with van der Waals surface area (Å²) in [5, 5.41) is 29.0. The van der Waals surface area contributed by atoms with E-state index in [1.807, 2.05) is 13.8 Å². The Morgan fingerprint density at radius 2 is 1.24 bits per heavy atom. The van der Waals surface area contributed by atoms with Gasteiger partial charge in [-0.25, -0.2) is 4.79 Å². The molecule has 1 heterocycles. The Bertz CT molecular complexity index is 1060. The number of nitrogens with zero attached hydrogens (tertiary/aromatic N) is 1. The molecular formula is C31H53N5O9. The van der Waals surface area contributed by atoms with E-state index < -0.39 is 65.7 Å². The van der Waals surface area contributed by atoms with Gasteiger partial charge in [0, 0.05) is 25.4 Å². The van der Waals surface area contributed by atoms with E-state index in [-0.39, 0.29) is 42.9 Å². The number of nitrogens with one attached hydrogen (secondary N) is 4. The Morgan fingerprint density at radius 1 is 0.733 bits per heavy atom. The summed E-state index contributed by atoms with van der Waals surface area (Å²) in [4.78, 5) is 90.9. The number of carboxylic acids is 2. The molecule has 1 fully saturated rings. The molecule has 1 rings (SSSR count). The van der Waals surface area contributed by atoms with Gasteiger partial charge in [0.1, 0.15) is 24.2 Å². The Labute approximate surface area is 265 Å². The first-order valence-electron chi connectivity index (χ1n) is 15.8. The van der Waals surface area contributed by atoms with Gasteiger partial charge in [-0.1, -0.05) is 48.5 Å². The summed E-state index contributed by atoms with van der Waals surface area (Å²) in [7, 11) is 0. The summed E-state index contributed by atoms with van der Waals surface area (Å²) in [6, 6.07) is -5.40. The zero-order chi connectivity index (χ0) is 34.5. The van der Waals surface area contributed by atoms with Gasteiger partial charge in [0.15, 0.2) is 0 Å². The molecule has 256 valence electrons. The van der Waals surface area contributed by atoms with Gasteiger partial charge in [-0.05, 0) is 49.9 Å². The van der Waals surface area contributed by atoms with Crippen LogP contribution in [-0.4, -0.2) is 93.8 Å². The summed E-state index contributed by atoms with van der Waals surface area (Å²) in [5.74, 6) is -6.30. The molecule has 0 bridgehead atoms. The highest BCUT2D eigenvalue weighted by Gasteiger charge is 2.37. The second kappa shape index (κ2) is 18.3. The lowest BCUT2D eigenvalue weighted by atomic mass is 9.85. The van der Waals surface area contributed by atoms with E-state index in [0.717, 1.165) is 12.8 Å². The second-order valence-corrected chi connectivity index (χ2v) is 13.2. The molecule has 1 aliphatic heterocycles. The fourth-order valence-corrected chi connectivity index (χ4v) is 5.13. The van der Waals surface area contributed by atoms with Crippen LogP contribution in [0.1, 0.15) is 99.8 Å². The lowest BCUT2D eigenvalue weighted by molar-refractivity contribution is -0.144. The molecule has 45 heavy (non-hydrogen) atoms. The fourth-order valence-electron chi connectivity index (χ4n) is 5.13. The number of carboxylic acid groups (broad SMARTS) is 2. The molecule has 0 aromatic rings. The lowest BCUT2D eigenvalue weighted by Gasteiger charge is -2.33. The Balaban J connectivity index is 3.29. The van der Waals surface area contributed by atoms with Crippen LogP contribution in [0.5, 0.6) is 0 Å². The van der Waals surface area contributed by atoms with Crippen LogP contribution in [0.4, 0.5) is 0 Å². The molecule has 14 nitrogen and oxygen atoms in total. The molecule has 6 N–H and O–H groups in total. The van der Waals surface area contributed by atoms with Gasteiger partial charge in [0.05, 0.1) is 6.42 Å². The molecule has 5 amide bonds. The smallest absolute Gasteiger partial charge is 0.326 e. The lowest BCUT2D eigenvalue weighted by Crippen LogP contribution is -2.60. The van der Waals surface area contributed by atoms with E-state index in [4.69, 9.17) is 0 Å². The average molecular weight is 640 g/mol. The number of aliphatic carboxylic acids is 2. The van der Waals surface area contributed by atoms with Crippen molar-refractivity contribution < 1.29 is 43.8 Å². The standard InChI is InChI=1S/C31H53N5O9/c1-8-19(9-2)26(40)35-25(31(5,6)7)29(43)32-20(12-13-23(37)36-14-10-11-15-36)27(41)33-21(17-24(38)39)28(42)34-22(30(44)45)16-18(3)4/h18-22,25H,8-17H2,1-7H3,(H,32,43)(H,33,41)(H,34,42)(H,35,40)(H,38,39)(H,44,45)/t20-,21-,22-,25+/m0/s1. The quantitative estimate of drug-likeness (QED) is 0.128. The van der Waals surface area contributed by atoms with Crippen LogP contribution in [-0.2, 0) is 33.6 Å². The average Bonchev–Trinajstić information content (AvgIpc) is 3.47. The number of carbonyl (C=O) groups is 7. The van der Waals surface area contributed by atoms with Crippen LogP contribution in [0.3, 0.4) is 0 Å². The predicted octanol–water partition coefficient (Wildman–Crippen LogP) is 1.42. The van der Waals surface area contributed by atoms with Crippen molar-refractivity contribution >= 4 is 41.5 Å². The molecule has 0 aromatic heterocycles. The summed E-state index contributed by atoms with van der Waals surface area (Å²) in [6.45, 7) is 13.7. The van der Waals surface area contributed by atoms with E-state index in [2.05, 4.69) is 21.3 Å². The van der Waals surface area contributed by atoms with Crippen molar-refractivity contribution in [3.8, 4) is 0 Å². The minimum Gasteiger partial charge on any atom is -0.481 e. The molecule has 1 aliphatic rings. The van der Waals surface area contributed by atoms with Crippen molar-refractivity contribution in [1.82, 2.24) is 26.2 Å². The van der Waals surface area contributed by atoms with Gasteiger partial charge in [0.2, 0.25) is 29.5 Å². The van der Waals surface area contributed by atoms with Crippen molar-refractivity contribution in [3.05, 3.63) is 0 Å². The number of carbonyl (C=O) groups excluding carboxylic acids is 5. The van der Waals surface area contributed by atoms with Crippen molar-refractivity contribution in [2.45, 2.75) is 124 Å². The maximum atomic E-state index is 13.6. The number of rotatable bonds is 18. The molecule has 0 aromatic carbocycles. The normalized spacial score (nSPS) is 16.0. The fraction of sp³-hybridized carbons (Fsp3) is 0.774. The van der Waals surface area contributed by atoms with E-state index in [1.165, 1.54) is 0 Å². The maximum absolute atomic E-state index is 13.6. The minimum atomic E-state index is -1.66. The highest BCUT2D eigenvalue weighted by Crippen LogP contribution is 2.21. The van der Waals surface area contributed by atoms with E-state index >= 15 is 0 Å². The van der Waals surface area contributed by atoms with Crippen molar-refractivity contribution in [3.63, 3.8) is 0 Å². The first-order valence-corrected chi connectivity index (χ1v) is 15.8. The van der Waals surface area contributed by atoms with Crippen molar-refractivity contribution in [2.75, 3.05) is 13.1 Å². The Morgan fingerprint density at radius 3 is 1.71 bits per heavy atom.